The highest BCUT2D eigenvalue weighted by Gasteiger charge is 2.33. The molecule has 3 aromatic rings. The summed E-state index contributed by atoms with van der Waals surface area (Å²) in [5, 5.41) is 0. The van der Waals surface area contributed by atoms with Crippen molar-refractivity contribution < 1.29 is 13.9 Å². The number of halogens is 1. The average molecular weight is 516 g/mol. The Hall–Kier alpha value is -2.91. The SMILES string of the molecule is CCOC(=O)C1=C(C)N=c2s/c(=C\c3ccc(N(C)C)o3)c(=O)n2[C@H]1c1ccc(Br)cc1. The molecule has 0 bridgehead atoms. The van der Waals surface area contributed by atoms with E-state index in [1.54, 1.807) is 24.5 Å². The third-order valence-corrected chi connectivity index (χ3v) is 6.54. The molecular formula is C23H22BrN3O4S. The predicted octanol–water partition coefficient (Wildman–Crippen LogP) is 3.22. The van der Waals surface area contributed by atoms with Crippen LogP contribution in [0, 0.1) is 0 Å². The molecule has 0 N–H and O–H groups in total. The number of allylic oxidation sites excluding steroid dienone is 1. The summed E-state index contributed by atoms with van der Waals surface area (Å²) in [5.41, 5.74) is 1.46. The van der Waals surface area contributed by atoms with Gasteiger partial charge in [-0.25, -0.2) is 9.79 Å². The number of esters is 1. The molecule has 0 radical (unpaired) electrons. The van der Waals surface area contributed by atoms with E-state index >= 15 is 0 Å². The predicted molar refractivity (Wildman–Crippen MR) is 128 cm³/mol. The Kier molecular flexibility index (Phi) is 6.21. The minimum absolute atomic E-state index is 0.236. The number of anilines is 1. The van der Waals surface area contributed by atoms with Crippen molar-refractivity contribution >= 4 is 45.2 Å². The zero-order valence-corrected chi connectivity index (χ0v) is 20.5. The minimum Gasteiger partial charge on any atom is -0.463 e. The zero-order valence-electron chi connectivity index (χ0n) is 18.1. The van der Waals surface area contributed by atoms with E-state index in [1.165, 1.54) is 11.3 Å². The second kappa shape index (κ2) is 8.91. The standard InChI is InChI=1S/C23H22BrN3O4S/c1-5-30-22(29)19-13(2)25-23-27(20(19)14-6-8-15(24)9-7-14)21(28)17(32-23)12-16-10-11-18(31-16)26(3)4/h6-12,20H,5H2,1-4H3/b17-12-/t20-/m0/s1. The number of hydrogen-bond acceptors (Lipinski definition) is 7. The summed E-state index contributed by atoms with van der Waals surface area (Å²) < 4.78 is 14.0. The molecule has 7 nitrogen and oxygen atoms in total. The molecule has 0 unspecified atom stereocenters. The van der Waals surface area contributed by atoms with Crippen LogP contribution in [0.5, 0.6) is 0 Å². The van der Waals surface area contributed by atoms with Crippen molar-refractivity contribution in [3.05, 3.63) is 83.2 Å². The van der Waals surface area contributed by atoms with Gasteiger partial charge in [0.25, 0.3) is 5.56 Å². The maximum absolute atomic E-state index is 13.5. The van der Waals surface area contributed by atoms with Gasteiger partial charge in [-0.05, 0) is 37.6 Å². The van der Waals surface area contributed by atoms with Gasteiger partial charge in [-0.1, -0.05) is 39.4 Å². The highest BCUT2D eigenvalue weighted by Crippen LogP contribution is 2.31. The number of benzene rings is 1. The van der Waals surface area contributed by atoms with Crippen LogP contribution < -0.4 is 19.8 Å². The van der Waals surface area contributed by atoms with E-state index in [4.69, 9.17) is 9.15 Å². The van der Waals surface area contributed by atoms with Crippen LogP contribution >= 0.6 is 27.3 Å². The van der Waals surface area contributed by atoms with Crippen LogP contribution in [0.2, 0.25) is 0 Å². The van der Waals surface area contributed by atoms with Gasteiger partial charge in [0.2, 0.25) is 0 Å². The number of carbonyl (C=O) groups is 1. The molecule has 0 saturated carbocycles. The van der Waals surface area contributed by atoms with Crippen LogP contribution in [0.3, 0.4) is 0 Å². The van der Waals surface area contributed by atoms with E-state index in [9.17, 15) is 9.59 Å². The summed E-state index contributed by atoms with van der Waals surface area (Å²) in [6.45, 7) is 3.76. The van der Waals surface area contributed by atoms with Gasteiger partial charge in [-0.3, -0.25) is 9.36 Å². The van der Waals surface area contributed by atoms with Gasteiger partial charge in [0.15, 0.2) is 10.7 Å². The second-order valence-electron chi connectivity index (χ2n) is 7.42. The summed E-state index contributed by atoms with van der Waals surface area (Å²) in [6.07, 6.45) is 1.71. The first-order valence-electron chi connectivity index (χ1n) is 10.0. The van der Waals surface area contributed by atoms with Crippen LogP contribution in [0.25, 0.3) is 6.08 Å². The molecule has 0 saturated heterocycles. The van der Waals surface area contributed by atoms with Crippen molar-refractivity contribution in [2.24, 2.45) is 4.99 Å². The Balaban J connectivity index is 1.92. The Morgan fingerprint density at radius 2 is 2.00 bits per heavy atom. The van der Waals surface area contributed by atoms with Crippen molar-refractivity contribution in [1.82, 2.24) is 4.57 Å². The van der Waals surface area contributed by atoms with Crippen LogP contribution in [-0.4, -0.2) is 31.2 Å². The van der Waals surface area contributed by atoms with Gasteiger partial charge in [0.1, 0.15) is 5.76 Å². The monoisotopic (exact) mass is 515 g/mol. The molecule has 166 valence electrons. The number of furan rings is 1. The first-order valence-corrected chi connectivity index (χ1v) is 11.6. The topological polar surface area (TPSA) is 77.0 Å². The third-order valence-electron chi connectivity index (χ3n) is 5.03. The quantitative estimate of drug-likeness (QED) is 0.487. The number of hydrogen-bond donors (Lipinski definition) is 0. The van der Waals surface area contributed by atoms with Crippen molar-refractivity contribution in [2.45, 2.75) is 19.9 Å². The molecule has 2 aromatic heterocycles. The number of ether oxygens (including phenoxy) is 1. The molecule has 0 amide bonds. The van der Waals surface area contributed by atoms with Crippen molar-refractivity contribution in [3.8, 4) is 0 Å². The Labute approximate surface area is 197 Å². The van der Waals surface area contributed by atoms with Gasteiger partial charge in [-0.2, -0.15) is 0 Å². The molecule has 1 aliphatic rings. The Morgan fingerprint density at radius 1 is 1.28 bits per heavy atom. The van der Waals surface area contributed by atoms with E-state index < -0.39 is 12.0 Å². The lowest BCUT2D eigenvalue weighted by Crippen LogP contribution is -2.39. The smallest absolute Gasteiger partial charge is 0.338 e. The summed E-state index contributed by atoms with van der Waals surface area (Å²) >= 11 is 4.71. The van der Waals surface area contributed by atoms with E-state index in [0.29, 0.717) is 32.2 Å². The van der Waals surface area contributed by atoms with Gasteiger partial charge in [0, 0.05) is 30.7 Å². The summed E-state index contributed by atoms with van der Waals surface area (Å²) in [4.78, 5) is 33.3. The second-order valence-corrected chi connectivity index (χ2v) is 9.35. The summed E-state index contributed by atoms with van der Waals surface area (Å²) in [7, 11) is 3.77. The molecule has 0 spiro atoms. The lowest BCUT2D eigenvalue weighted by Gasteiger charge is -2.24. The number of fused-ring (bicyclic) bond motifs is 1. The van der Waals surface area contributed by atoms with Crippen LogP contribution in [-0.2, 0) is 9.53 Å². The number of carbonyl (C=O) groups excluding carboxylic acids is 1. The molecule has 0 aliphatic carbocycles. The number of nitrogens with zero attached hydrogens (tertiary/aromatic N) is 3. The molecular weight excluding hydrogens is 494 g/mol. The molecule has 32 heavy (non-hydrogen) atoms. The van der Waals surface area contributed by atoms with Crippen LogP contribution in [0.4, 0.5) is 5.88 Å². The normalized spacial score (nSPS) is 16.0. The lowest BCUT2D eigenvalue weighted by atomic mass is 9.96. The maximum atomic E-state index is 13.5. The molecule has 4 rings (SSSR count). The number of aromatic nitrogens is 1. The van der Waals surface area contributed by atoms with E-state index in [2.05, 4.69) is 20.9 Å². The molecule has 3 heterocycles. The number of thiazole rings is 1. The lowest BCUT2D eigenvalue weighted by molar-refractivity contribution is -0.139. The minimum atomic E-state index is -0.630. The Bertz CT molecular complexity index is 1380. The third kappa shape index (κ3) is 4.10. The molecule has 0 fully saturated rings. The molecule has 9 heteroatoms. The maximum Gasteiger partial charge on any atom is 0.338 e. The largest absolute Gasteiger partial charge is 0.463 e. The highest BCUT2D eigenvalue weighted by atomic mass is 79.9. The first kappa shape index (κ1) is 22.3. The van der Waals surface area contributed by atoms with Crippen LogP contribution in [0.15, 0.2) is 66.3 Å². The van der Waals surface area contributed by atoms with Gasteiger partial charge < -0.3 is 14.1 Å². The van der Waals surface area contributed by atoms with Crippen molar-refractivity contribution in [1.29, 1.82) is 0 Å². The van der Waals surface area contributed by atoms with E-state index in [0.717, 1.165) is 10.0 Å². The van der Waals surface area contributed by atoms with E-state index in [1.807, 2.05) is 55.4 Å². The fourth-order valence-corrected chi connectivity index (χ4v) is 4.83. The van der Waals surface area contributed by atoms with Crippen molar-refractivity contribution in [2.75, 3.05) is 25.6 Å². The highest BCUT2D eigenvalue weighted by molar-refractivity contribution is 9.10. The molecule has 1 atom stereocenters. The Morgan fingerprint density at radius 3 is 2.62 bits per heavy atom. The zero-order chi connectivity index (χ0) is 23.0. The van der Waals surface area contributed by atoms with Crippen LogP contribution in [0.1, 0.15) is 31.2 Å². The van der Waals surface area contributed by atoms with Gasteiger partial charge in [-0.15, -0.1) is 0 Å². The van der Waals surface area contributed by atoms with Gasteiger partial charge >= 0.3 is 5.97 Å². The molecule has 1 aliphatic heterocycles. The summed E-state index contributed by atoms with van der Waals surface area (Å²) in [5.74, 6) is 0.787. The molecule has 1 aromatic carbocycles. The first-order chi connectivity index (χ1) is 15.3. The van der Waals surface area contributed by atoms with E-state index in [-0.39, 0.29) is 12.2 Å². The van der Waals surface area contributed by atoms with Gasteiger partial charge in [0.05, 0.1) is 28.5 Å². The van der Waals surface area contributed by atoms with Crippen molar-refractivity contribution in [3.63, 3.8) is 0 Å². The average Bonchev–Trinajstić information content (AvgIpc) is 3.33. The summed E-state index contributed by atoms with van der Waals surface area (Å²) in [6, 6.07) is 10.6. The number of rotatable bonds is 5. The fourth-order valence-electron chi connectivity index (χ4n) is 3.54. The fraction of sp³-hybridized carbons (Fsp3) is 0.261.